The van der Waals surface area contributed by atoms with Gasteiger partial charge in [0.25, 0.3) is 0 Å². The molecule has 1 N–H and O–H groups in total. The van der Waals surface area contributed by atoms with Crippen LogP contribution in [0.15, 0.2) is 0 Å². The van der Waals surface area contributed by atoms with Gasteiger partial charge < -0.3 is 10.2 Å². The maximum absolute atomic E-state index is 3.81. The zero-order chi connectivity index (χ0) is 12.8. The van der Waals surface area contributed by atoms with Crippen LogP contribution in [-0.4, -0.2) is 36.6 Å². The van der Waals surface area contributed by atoms with Gasteiger partial charge in [-0.2, -0.15) is 0 Å². The van der Waals surface area contributed by atoms with Crippen LogP contribution < -0.4 is 5.32 Å². The van der Waals surface area contributed by atoms with Gasteiger partial charge in [-0.05, 0) is 57.7 Å². The molecule has 2 fully saturated rings. The number of hydrogen-bond acceptors (Lipinski definition) is 2. The van der Waals surface area contributed by atoms with Gasteiger partial charge in [0.05, 0.1) is 0 Å². The minimum absolute atomic E-state index is 0.465. The van der Waals surface area contributed by atoms with E-state index in [0.717, 1.165) is 5.92 Å². The van der Waals surface area contributed by atoms with Crippen molar-refractivity contribution in [1.82, 2.24) is 10.2 Å². The second-order valence-corrected chi connectivity index (χ2v) is 6.57. The minimum Gasteiger partial charge on any atom is -0.310 e. The molecule has 2 saturated heterocycles. The van der Waals surface area contributed by atoms with E-state index in [2.05, 4.69) is 24.1 Å². The number of nitrogens with one attached hydrogen (secondary N) is 1. The second-order valence-electron chi connectivity index (χ2n) is 6.57. The Bertz CT molecular complexity index is 225. The zero-order valence-corrected chi connectivity index (χ0v) is 12.5. The monoisotopic (exact) mass is 252 g/mol. The summed E-state index contributed by atoms with van der Waals surface area (Å²) in [6.07, 6.45) is 11.2. The number of nitrogens with zero attached hydrogens (tertiary/aromatic N) is 1. The summed E-state index contributed by atoms with van der Waals surface area (Å²) in [6.45, 7) is 9.89. The van der Waals surface area contributed by atoms with Crippen molar-refractivity contribution < 1.29 is 0 Å². The predicted octanol–water partition coefficient (Wildman–Crippen LogP) is 3.42. The van der Waals surface area contributed by atoms with Gasteiger partial charge in [-0.3, -0.25) is 0 Å². The molecule has 2 aliphatic heterocycles. The average molecular weight is 252 g/mol. The molecule has 106 valence electrons. The van der Waals surface area contributed by atoms with Crippen molar-refractivity contribution in [2.45, 2.75) is 70.8 Å². The molecular weight excluding hydrogens is 220 g/mol. The van der Waals surface area contributed by atoms with Crippen molar-refractivity contribution in [1.29, 1.82) is 0 Å². The molecule has 2 rings (SSSR count). The Morgan fingerprint density at radius 1 is 1.17 bits per heavy atom. The molecule has 2 heteroatoms. The van der Waals surface area contributed by atoms with Gasteiger partial charge in [0.1, 0.15) is 0 Å². The standard InChI is InChI=1S/C16H32N2/c1-3-6-15-7-12-18(13-8-15)14-16(9-4-2)10-5-11-17-16/h15,17H,3-14H2,1-2H3. The Morgan fingerprint density at radius 2 is 1.94 bits per heavy atom. The fourth-order valence-corrected chi connectivity index (χ4v) is 4.04. The fraction of sp³-hybridized carbons (Fsp3) is 1.00. The van der Waals surface area contributed by atoms with Gasteiger partial charge in [0.2, 0.25) is 0 Å². The molecule has 0 aliphatic carbocycles. The Kier molecular flexibility index (Phi) is 5.50. The summed E-state index contributed by atoms with van der Waals surface area (Å²) in [5.41, 5.74) is 0.465. The molecule has 0 amide bonds. The first-order valence-corrected chi connectivity index (χ1v) is 8.25. The van der Waals surface area contributed by atoms with E-state index in [0.29, 0.717) is 5.54 Å². The van der Waals surface area contributed by atoms with Gasteiger partial charge in [-0.15, -0.1) is 0 Å². The molecule has 0 aromatic heterocycles. The second kappa shape index (κ2) is 6.91. The number of piperidine rings is 1. The van der Waals surface area contributed by atoms with Crippen LogP contribution in [-0.2, 0) is 0 Å². The van der Waals surface area contributed by atoms with E-state index in [9.17, 15) is 0 Å². The van der Waals surface area contributed by atoms with Gasteiger partial charge in [0, 0.05) is 12.1 Å². The van der Waals surface area contributed by atoms with Crippen LogP contribution in [0.25, 0.3) is 0 Å². The molecule has 2 heterocycles. The molecule has 2 nitrogen and oxygen atoms in total. The highest BCUT2D eigenvalue weighted by Crippen LogP contribution is 2.28. The number of hydrogen-bond donors (Lipinski definition) is 1. The first-order chi connectivity index (χ1) is 8.78. The average Bonchev–Trinajstić information content (AvgIpc) is 2.81. The lowest BCUT2D eigenvalue weighted by molar-refractivity contribution is 0.131. The molecule has 0 radical (unpaired) electrons. The van der Waals surface area contributed by atoms with E-state index in [-0.39, 0.29) is 0 Å². The van der Waals surface area contributed by atoms with Crippen LogP contribution in [0.4, 0.5) is 0 Å². The summed E-state index contributed by atoms with van der Waals surface area (Å²) >= 11 is 0. The molecule has 0 aromatic carbocycles. The predicted molar refractivity (Wildman–Crippen MR) is 78.9 cm³/mol. The van der Waals surface area contributed by atoms with Crippen molar-refractivity contribution in [2.75, 3.05) is 26.2 Å². The summed E-state index contributed by atoms with van der Waals surface area (Å²) in [5.74, 6) is 1.02. The van der Waals surface area contributed by atoms with Crippen molar-refractivity contribution in [3.8, 4) is 0 Å². The highest BCUT2D eigenvalue weighted by Gasteiger charge is 2.34. The van der Waals surface area contributed by atoms with Crippen molar-refractivity contribution in [3.63, 3.8) is 0 Å². The van der Waals surface area contributed by atoms with Crippen LogP contribution in [0.5, 0.6) is 0 Å². The topological polar surface area (TPSA) is 15.3 Å². The maximum Gasteiger partial charge on any atom is 0.0309 e. The summed E-state index contributed by atoms with van der Waals surface area (Å²) < 4.78 is 0. The number of likely N-dealkylation sites (tertiary alicyclic amines) is 1. The summed E-state index contributed by atoms with van der Waals surface area (Å²) in [7, 11) is 0. The van der Waals surface area contributed by atoms with Crippen LogP contribution in [0, 0.1) is 5.92 Å². The van der Waals surface area contributed by atoms with Crippen LogP contribution in [0.1, 0.15) is 65.2 Å². The van der Waals surface area contributed by atoms with E-state index in [1.165, 1.54) is 77.5 Å². The Balaban J connectivity index is 1.79. The summed E-state index contributed by atoms with van der Waals surface area (Å²) in [5, 5.41) is 3.81. The van der Waals surface area contributed by atoms with Crippen molar-refractivity contribution in [3.05, 3.63) is 0 Å². The molecule has 18 heavy (non-hydrogen) atoms. The minimum atomic E-state index is 0.465. The molecule has 0 saturated carbocycles. The summed E-state index contributed by atoms with van der Waals surface area (Å²) in [4.78, 5) is 2.74. The van der Waals surface area contributed by atoms with E-state index >= 15 is 0 Å². The Morgan fingerprint density at radius 3 is 2.50 bits per heavy atom. The Hall–Kier alpha value is -0.0800. The zero-order valence-electron chi connectivity index (χ0n) is 12.5. The highest BCUT2D eigenvalue weighted by atomic mass is 15.2. The van der Waals surface area contributed by atoms with Gasteiger partial charge in [-0.25, -0.2) is 0 Å². The van der Waals surface area contributed by atoms with E-state index in [1.807, 2.05) is 0 Å². The smallest absolute Gasteiger partial charge is 0.0309 e. The molecule has 0 spiro atoms. The molecule has 0 aromatic rings. The third kappa shape index (κ3) is 3.71. The third-order valence-corrected chi connectivity index (χ3v) is 4.99. The largest absolute Gasteiger partial charge is 0.310 e. The maximum atomic E-state index is 3.81. The lowest BCUT2D eigenvalue weighted by Gasteiger charge is -2.39. The third-order valence-electron chi connectivity index (χ3n) is 4.99. The Labute approximate surface area is 114 Å². The lowest BCUT2D eigenvalue weighted by atomic mass is 9.88. The van der Waals surface area contributed by atoms with Gasteiger partial charge in [-0.1, -0.05) is 33.1 Å². The highest BCUT2D eigenvalue weighted by molar-refractivity contribution is 4.95. The first kappa shape index (κ1) is 14.3. The summed E-state index contributed by atoms with van der Waals surface area (Å²) in [6, 6.07) is 0. The molecule has 1 unspecified atom stereocenters. The number of rotatable bonds is 6. The normalized spacial score (nSPS) is 31.0. The molecule has 2 aliphatic rings. The van der Waals surface area contributed by atoms with E-state index in [1.54, 1.807) is 0 Å². The fourth-order valence-electron chi connectivity index (χ4n) is 4.04. The van der Waals surface area contributed by atoms with Crippen LogP contribution >= 0.6 is 0 Å². The van der Waals surface area contributed by atoms with Gasteiger partial charge in [0.15, 0.2) is 0 Å². The van der Waals surface area contributed by atoms with Crippen molar-refractivity contribution in [2.24, 2.45) is 5.92 Å². The quantitative estimate of drug-likeness (QED) is 0.779. The van der Waals surface area contributed by atoms with Gasteiger partial charge >= 0.3 is 0 Å². The van der Waals surface area contributed by atoms with E-state index < -0.39 is 0 Å². The molecule has 0 bridgehead atoms. The lowest BCUT2D eigenvalue weighted by Crippen LogP contribution is -2.51. The van der Waals surface area contributed by atoms with Crippen LogP contribution in [0.2, 0.25) is 0 Å². The molecule has 1 atom stereocenters. The molecular formula is C16H32N2. The van der Waals surface area contributed by atoms with Crippen LogP contribution in [0.3, 0.4) is 0 Å². The van der Waals surface area contributed by atoms with E-state index in [4.69, 9.17) is 0 Å². The SMILES string of the molecule is CCCC1CCN(CC2(CCC)CCCN2)CC1. The van der Waals surface area contributed by atoms with Crippen molar-refractivity contribution >= 4 is 0 Å². The first-order valence-electron chi connectivity index (χ1n) is 8.25.